The number of nitrogens with one attached hydrogen (secondary N) is 2. The zero-order valence-corrected chi connectivity index (χ0v) is 12.7. The average Bonchev–Trinajstić information content (AvgIpc) is 2.99. The van der Waals surface area contributed by atoms with E-state index in [-0.39, 0.29) is 5.60 Å². The smallest absolute Gasteiger partial charge is 0.191 e. The van der Waals surface area contributed by atoms with Crippen LogP contribution in [-0.2, 0) is 11.3 Å². The van der Waals surface area contributed by atoms with E-state index in [4.69, 9.17) is 9.26 Å². The minimum absolute atomic E-state index is 0.0827. The molecule has 1 fully saturated rings. The Morgan fingerprint density at radius 1 is 1.40 bits per heavy atom. The molecule has 0 spiro atoms. The molecule has 6 heteroatoms. The second-order valence-electron chi connectivity index (χ2n) is 5.48. The van der Waals surface area contributed by atoms with Gasteiger partial charge in [0.25, 0.3) is 0 Å². The number of aromatic nitrogens is 1. The molecule has 1 unspecified atom stereocenters. The van der Waals surface area contributed by atoms with Crippen molar-refractivity contribution in [3.63, 3.8) is 0 Å². The zero-order valence-electron chi connectivity index (χ0n) is 12.7. The maximum Gasteiger partial charge on any atom is 0.191 e. The average molecular weight is 280 g/mol. The van der Waals surface area contributed by atoms with Crippen molar-refractivity contribution >= 4 is 5.96 Å². The van der Waals surface area contributed by atoms with Gasteiger partial charge in [0.15, 0.2) is 5.96 Å². The largest absolute Gasteiger partial charge is 0.373 e. The number of aryl methyl sites for hydroxylation is 2. The molecule has 1 saturated heterocycles. The molecule has 20 heavy (non-hydrogen) atoms. The Morgan fingerprint density at radius 2 is 2.20 bits per heavy atom. The molecule has 1 aromatic rings. The molecular weight excluding hydrogens is 256 g/mol. The predicted octanol–water partition coefficient (Wildman–Crippen LogP) is 1.53. The molecule has 2 rings (SSSR count). The number of nitrogens with zero attached hydrogens (tertiary/aromatic N) is 2. The number of guanidine groups is 1. The molecule has 0 aromatic carbocycles. The van der Waals surface area contributed by atoms with Crippen LogP contribution >= 0.6 is 0 Å². The third kappa shape index (κ3) is 3.50. The lowest BCUT2D eigenvalue weighted by molar-refractivity contribution is 0.0243. The van der Waals surface area contributed by atoms with E-state index in [1.54, 1.807) is 7.05 Å². The van der Waals surface area contributed by atoms with E-state index < -0.39 is 0 Å². The molecule has 0 amide bonds. The highest BCUT2D eigenvalue weighted by atomic mass is 16.5. The standard InChI is InChI=1S/C14H24N4O2/c1-10-12(11(2)20-18-10)8-16-13(15-4)17-9-14(3)6-5-7-19-14/h5-9H2,1-4H3,(H2,15,16,17). The van der Waals surface area contributed by atoms with Crippen molar-refractivity contribution in [3.05, 3.63) is 17.0 Å². The highest BCUT2D eigenvalue weighted by Gasteiger charge is 2.29. The molecule has 112 valence electrons. The Balaban J connectivity index is 1.84. The van der Waals surface area contributed by atoms with E-state index in [9.17, 15) is 0 Å². The summed E-state index contributed by atoms with van der Waals surface area (Å²) in [5.41, 5.74) is 1.91. The Hall–Kier alpha value is -1.56. The lowest BCUT2D eigenvalue weighted by atomic mass is 10.0. The van der Waals surface area contributed by atoms with Gasteiger partial charge in [-0.2, -0.15) is 0 Å². The van der Waals surface area contributed by atoms with Crippen LogP contribution in [0, 0.1) is 13.8 Å². The number of ether oxygens (including phenoxy) is 1. The fourth-order valence-electron chi connectivity index (χ4n) is 2.39. The molecule has 1 atom stereocenters. The van der Waals surface area contributed by atoms with Crippen LogP contribution in [0.5, 0.6) is 0 Å². The summed E-state index contributed by atoms with van der Waals surface area (Å²) in [5.74, 6) is 1.61. The van der Waals surface area contributed by atoms with Crippen LogP contribution in [0.4, 0.5) is 0 Å². The lowest BCUT2D eigenvalue weighted by Gasteiger charge is -2.24. The van der Waals surface area contributed by atoms with Gasteiger partial charge in [-0.3, -0.25) is 4.99 Å². The second kappa shape index (κ2) is 6.26. The van der Waals surface area contributed by atoms with Crippen molar-refractivity contribution in [2.24, 2.45) is 4.99 Å². The Bertz CT molecular complexity index is 456. The fourth-order valence-corrected chi connectivity index (χ4v) is 2.39. The number of hydrogen-bond acceptors (Lipinski definition) is 4. The quantitative estimate of drug-likeness (QED) is 0.646. The first-order valence-electron chi connectivity index (χ1n) is 7.04. The first kappa shape index (κ1) is 14.8. The molecule has 2 heterocycles. The van der Waals surface area contributed by atoms with Crippen molar-refractivity contribution in [2.45, 2.75) is 45.8 Å². The monoisotopic (exact) mass is 280 g/mol. The maximum absolute atomic E-state index is 5.75. The van der Waals surface area contributed by atoms with Crippen molar-refractivity contribution < 1.29 is 9.26 Å². The first-order valence-corrected chi connectivity index (χ1v) is 7.04. The molecule has 0 saturated carbocycles. The molecule has 1 aromatic heterocycles. The first-order chi connectivity index (χ1) is 9.54. The highest BCUT2D eigenvalue weighted by molar-refractivity contribution is 5.79. The van der Waals surface area contributed by atoms with E-state index in [1.807, 2.05) is 13.8 Å². The third-order valence-electron chi connectivity index (χ3n) is 3.77. The van der Waals surface area contributed by atoms with E-state index in [0.29, 0.717) is 6.54 Å². The normalized spacial score (nSPS) is 23.1. The van der Waals surface area contributed by atoms with E-state index in [2.05, 4.69) is 27.7 Å². The van der Waals surface area contributed by atoms with Crippen LogP contribution in [0.2, 0.25) is 0 Å². The molecule has 6 nitrogen and oxygen atoms in total. The Kier molecular flexibility index (Phi) is 4.65. The van der Waals surface area contributed by atoms with E-state index in [1.165, 1.54) is 0 Å². The lowest BCUT2D eigenvalue weighted by Crippen LogP contribution is -2.45. The van der Waals surface area contributed by atoms with E-state index in [0.717, 1.165) is 49.0 Å². The minimum Gasteiger partial charge on any atom is -0.373 e. The summed E-state index contributed by atoms with van der Waals surface area (Å²) in [6, 6.07) is 0. The van der Waals surface area contributed by atoms with Crippen LogP contribution < -0.4 is 10.6 Å². The van der Waals surface area contributed by atoms with Gasteiger partial charge < -0.3 is 19.9 Å². The Morgan fingerprint density at radius 3 is 2.75 bits per heavy atom. The second-order valence-corrected chi connectivity index (χ2v) is 5.48. The van der Waals surface area contributed by atoms with Gasteiger partial charge in [0, 0.05) is 32.3 Å². The van der Waals surface area contributed by atoms with Crippen LogP contribution in [0.15, 0.2) is 9.52 Å². The summed E-state index contributed by atoms with van der Waals surface area (Å²) in [6.45, 7) is 8.25. The molecule has 1 aliphatic rings. The van der Waals surface area contributed by atoms with Gasteiger partial charge in [0.2, 0.25) is 0 Å². The van der Waals surface area contributed by atoms with Crippen LogP contribution in [0.1, 0.15) is 36.8 Å². The highest BCUT2D eigenvalue weighted by Crippen LogP contribution is 2.23. The van der Waals surface area contributed by atoms with Gasteiger partial charge in [-0.15, -0.1) is 0 Å². The summed E-state index contributed by atoms with van der Waals surface area (Å²) < 4.78 is 10.9. The Labute approximate surface area is 120 Å². The molecule has 0 bridgehead atoms. The molecule has 2 N–H and O–H groups in total. The van der Waals surface area contributed by atoms with Gasteiger partial charge in [-0.1, -0.05) is 5.16 Å². The SMILES string of the molecule is CN=C(NCc1c(C)noc1C)NCC1(C)CCCO1. The van der Waals surface area contributed by atoms with Gasteiger partial charge in [-0.25, -0.2) is 0 Å². The van der Waals surface area contributed by atoms with E-state index >= 15 is 0 Å². The predicted molar refractivity (Wildman–Crippen MR) is 77.8 cm³/mol. The zero-order chi connectivity index (χ0) is 14.6. The van der Waals surface area contributed by atoms with Gasteiger partial charge in [0.05, 0.1) is 11.3 Å². The van der Waals surface area contributed by atoms with Crippen molar-refractivity contribution in [3.8, 4) is 0 Å². The number of rotatable bonds is 4. The summed E-state index contributed by atoms with van der Waals surface area (Å²) >= 11 is 0. The van der Waals surface area contributed by atoms with Crippen LogP contribution in [0.25, 0.3) is 0 Å². The molecular formula is C14H24N4O2. The van der Waals surface area contributed by atoms with Crippen molar-refractivity contribution in [1.29, 1.82) is 0 Å². The van der Waals surface area contributed by atoms with Crippen LogP contribution in [0.3, 0.4) is 0 Å². The molecule has 1 aliphatic heterocycles. The summed E-state index contributed by atoms with van der Waals surface area (Å²) in [4.78, 5) is 4.23. The van der Waals surface area contributed by atoms with Gasteiger partial charge >= 0.3 is 0 Å². The van der Waals surface area contributed by atoms with Gasteiger partial charge in [0.1, 0.15) is 5.76 Å². The molecule has 0 radical (unpaired) electrons. The summed E-state index contributed by atoms with van der Waals surface area (Å²) in [5, 5.41) is 10.5. The fraction of sp³-hybridized carbons (Fsp3) is 0.714. The summed E-state index contributed by atoms with van der Waals surface area (Å²) in [7, 11) is 1.76. The van der Waals surface area contributed by atoms with Crippen molar-refractivity contribution in [1.82, 2.24) is 15.8 Å². The third-order valence-corrected chi connectivity index (χ3v) is 3.77. The minimum atomic E-state index is -0.0827. The maximum atomic E-state index is 5.75. The van der Waals surface area contributed by atoms with Crippen molar-refractivity contribution in [2.75, 3.05) is 20.2 Å². The number of hydrogen-bond donors (Lipinski definition) is 2. The molecule has 0 aliphatic carbocycles. The topological polar surface area (TPSA) is 71.7 Å². The van der Waals surface area contributed by atoms with Gasteiger partial charge in [-0.05, 0) is 33.6 Å². The summed E-state index contributed by atoms with van der Waals surface area (Å²) in [6.07, 6.45) is 2.21. The van der Waals surface area contributed by atoms with Crippen LogP contribution in [-0.4, -0.2) is 36.9 Å². The number of aliphatic imine (C=N–C) groups is 1.